The van der Waals surface area contributed by atoms with Crippen LogP contribution < -0.4 is 5.32 Å². The molecule has 1 N–H and O–H groups in total. The molecule has 0 aromatic rings. The van der Waals surface area contributed by atoms with Crippen LogP contribution in [0.4, 0.5) is 0 Å². The molecule has 1 heterocycles. The number of hydrogen-bond donors (Lipinski definition) is 1. The summed E-state index contributed by atoms with van der Waals surface area (Å²) in [6.45, 7) is 5.53. The molecule has 0 aromatic heterocycles. The van der Waals surface area contributed by atoms with Crippen LogP contribution in [0.5, 0.6) is 0 Å². The molecule has 2 rings (SSSR count). The summed E-state index contributed by atoms with van der Waals surface area (Å²) in [5, 5.41) is 3.26. The lowest BCUT2D eigenvalue weighted by Gasteiger charge is -2.34. The van der Waals surface area contributed by atoms with Crippen molar-refractivity contribution in [1.82, 2.24) is 10.2 Å². The zero-order chi connectivity index (χ0) is 14.4. The van der Waals surface area contributed by atoms with Crippen molar-refractivity contribution >= 4 is 21.6 Å². The zero-order valence-electron chi connectivity index (χ0n) is 12.5. The number of sulfone groups is 1. The van der Waals surface area contributed by atoms with Gasteiger partial charge in [-0.05, 0) is 25.3 Å². The second-order valence-corrected chi connectivity index (χ2v) is 9.47. The number of thioether (sulfide) groups is 1. The van der Waals surface area contributed by atoms with E-state index in [2.05, 4.69) is 10.2 Å². The lowest BCUT2D eigenvalue weighted by Crippen LogP contribution is -2.50. The molecule has 0 bridgehead atoms. The third-order valence-electron chi connectivity index (χ3n) is 4.49. The molecule has 2 aliphatic rings. The predicted octanol–water partition coefficient (Wildman–Crippen LogP) is 1.58. The minimum atomic E-state index is -2.95. The Kier molecular flexibility index (Phi) is 6.65. The van der Waals surface area contributed by atoms with Gasteiger partial charge in [-0.2, -0.15) is 11.8 Å². The average molecular weight is 321 g/mol. The Hall–Kier alpha value is 0.220. The SMILES string of the molecule is CCS(=O)(=O)C1CSCCN1CCNCC1CCCC1. The van der Waals surface area contributed by atoms with Crippen molar-refractivity contribution in [3.05, 3.63) is 0 Å². The van der Waals surface area contributed by atoms with E-state index < -0.39 is 9.84 Å². The number of hydrogen-bond acceptors (Lipinski definition) is 5. The van der Waals surface area contributed by atoms with Crippen molar-refractivity contribution in [2.75, 3.05) is 43.4 Å². The van der Waals surface area contributed by atoms with Crippen LogP contribution in [0.1, 0.15) is 32.6 Å². The minimum Gasteiger partial charge on any atom is -0.315 e. The molecule has 0 amide bonds. The molecule has 0 aromatic carbocycles. The molecule has 0 spiro atoms. The fourth-order valence-electron chi connectivity index (χ4n) is 3.14. The maximum absolute atomic E-state index is 12.1. The van der Waals surface area contributed by atoms with Crippen LogP contribution in [0.25, 0.3) is 0 Å². The molecule has 20 heavy (non-hydrogen) atoms. The Morgan fingerprint density at radius 1 is 1.30 bits per heavy atom. The average Bonchev–Trinajstić information content (AvgIpc) is 2.97. The van der Waals surface area contributed by atoms with Crippen LogP contribution in [0.15, 0.2) is 0 Å². The molecule has 0 radical (unpaired) electrons. The Labute approximate surface area is 128 Å². The van der Waals surface area contributed by atoms with Crippen LogP contribution in [0, 0.1) is 5.92 Å². The first-order valence-electron chi connectivity index (χ1n) is 7.87. The molecule has 1 aliphatic carbocycles. The van der Waals surface area contributed by atoms with E-state index in [1.165, 1.54) is 25.7 Å². The molecule has 1 saturated heterocycles. The Morgan fingerprint density at radius 3 is 2.75 bits per heavy atom. The molecule has 6 heteroatoms. The van der Waals surface area contributed by atoms with Gasteiger partial charge in [-0.1, -0.05) is 19.8 Å². The molecular weight excluding hydrogens is 292 g/mol. The highest BCUT2D eigenvalue weighted by Crippen LogP contribution is 2.24. The van der Waals surface area contributed by atoms with Gasteiger partial charge in [0.2, 0.25) is 0 Å². The normalized spacial score (nSPS) is 26.1. The van der Waals surface area contributed by atoms with E-state index in [4.69, 9.17) is 0 Å². The van der Waals surface area contributed by atoms with Crippen LogP contribution in [-0.4, -0.2) is 62.1 Å². The van der Waals surface area contributed by atoms with Gasteiger partial charge >= 0.3 is 0 Å². The van der Waals surface area contributed by atoms with Crippen LogP contribution in [-0.2, 0) is 9.84 Å². The smallest absolute Gasteiger partial charge is 0.166 e. The molecule has 2 fully saturated rings. The molecule has 1 atom stereocenters. The summed E-state index contributed by atoms with van der Waals surface area (Å²) in [5.41, 5.74) is 0. The summed E-state index contributed by atoms with van der Waals surface area (Å²) in [5.74, 6) is 2.89. The summed E-state index contributed by atoms with van der Waals surface area (Å²) < 4.78 is 24.3. The summed E-state index contributed by atoms with van der Waals surface area (Å²) in [6.07, 6.45) is 5.49. The van der Waals surface area contributed by atoms with Gasteiger partial charge in [0, 0.05) is 36.9 Å². The summed E-state index contributed by atoms with van der Waals surface area (Å²) in [7, 11) is -2.95. The Morgan fingerprint density at radius 2 is 2.05 bits per heavy atom. The lowest BCUT2D eigenvalue weighted by atomic mass is 10.1. The van der Waals surface area contributed by atoms with E-state index >= 15 is 0 Å². The molecular formula is C14H28N2O2S2. The zero-order valence-corrected chi connectivity index (χ0v) is 14.1. The van der Waals surface area contributed by atoms with Crippen LogP contribution in [0.3, 0.4) is 0 Å². The van der Waals surface area contributed by atoms with E-state index in [-0.39, 0.29) is 11.1 Å². The Balaban J connectivity index is 1.74. The predicted molar refractivity (Wildman–Crippen MR) is 87.0 cm³/mol. The third kappa shape index (κ3) is 4.61. The maximum atomic E-state index is 12.1. The standard InChI is InChI=1S/C14H28N2O2S2/c1-2-20(17,18)14-12-19-10-9-16(14)8-7-15-11-13-5-3-4-6-13/h13-15H,2-12H2,1H3. The molecule has 118 valence electrons. The van der Waals surface area contributed by atoms with Gasteiger partial charge in [-0.15, -0.1) is 0 Å². The fraction of sp³-hybridized carbons (Fsp3) is 1.00. The first-order valence-corrected chi connectivity index (χ1v) is 10.7. The third-order valence-corrected chi connectivity index (χ3v) is 7.82. The van der Waals surface area contributed by atoms with E-state index in [0.29, 0.717) is 0 Å². The van der Waals surface area contributed by atoms with Crippen molar-refractivity contribution in [2.24, 2.45) is 5.92 Å². The summed E-state index contributed by atoms with van der Waals surface area (Å²) in [6, 6.07) is 0. The van der Waals surface area contributed by atoms with Gasteiger partial charge in [0.25, 0.3) is 0 Å². The van der Waals surface area contributed by atoms with Crippen molar-refractivity contribution in [3.8, 4) is 0 Å². The van der Waals surface area contributed by atoms with Gasteiger partial charge < -0.3 is 5.32 Å². The van der Waals surface area contributed by atoms with Gasteiger partial charge in [-0.3, -0.25) is 4.90 Å². The van der Waals surface area contributed by atoms with Gasteiger partial charge in [0.1, 0.15) is 5.37 Å². The van der Waals surface area contributed by atoms with Crippen LogP contribution in [0.2, 0.25) is 0 Å². The molecule has 1 aliphatic heterocycles. The lowest BCUT2D eigenvalue weighted by molar-refractivity contribution is 0.267. The van der Waals surface area contributed by atoms with E-state index in [1.54, 1.807) is 18.7 Å². The quantitative estimate of drug-likeness (QED) is 0.722. The maximum Gasteiger partial charge on any atom is 0.166 e. The van der Waals surface area contributed by atoms with Crippen LogP contribution >= 0.6 is 11.8 Å². The van der Waals surface area contributed by atoms with Crippen molar-refractivity contribution in [2.45, 2.75) is 38.0 Å². The van der Waals surface area contributed by atoms with E-state index in [1.807, 2.05) is 0 Å². The molecule has 4 nitrogen and oxygen atoms in total. The summed E-state index contributed by atoms with van der Waals surface area (Å²) in [4.78, 5) is 2.16. The molecule has 1 saturated carbocycles. The second-order valence-electron chi connectivity index (χ2n) is 5.87. The highest BCUT2D eigenvalue weighted by Gasteiger charge is 2.32. The van der Waals surface area contributed by atoms with Crippen molar-refractivity contribution < 1.29 is 8.42 Å². The fourth-order valence-corrected chi connectivity index (χ4v) is 6.25. The van der Waals surface area contributed by atoms with E-state index in [0.717, 1.165) is 43.6 Å². The number of nitrogens with zero attached hydrogens (tertiary/aromatic N) is 1. The summed E-state index contributed by atoms with van der Waals surface area (Å²) >= 11 is 1.77. The minimum absolute atomic E-state index is 0.254. The topological polar surface area (TPSA) is 49.4 Å². The Bertz CT molecular complexity index is 381. The largest absolute Gasteiger partial charge is 0.315 e. The van der Waals surface area contributed by atoms with Gasteiger partial charge in [0.15, 0.2) is 9.84 Å². The highest BCUT2D eigenvalue weighted by molar-refractivity contribution is 8.01. The van der Waals surface area contributed by atoms with Crippen molar-refractivity contribution in [3.63, 3.8) is 0 Å². The number of nitrogens with one attached hydrogen (secondary N) is 1. The molecule has 1 unspecified atom stereocenters. The monoisotopic (exact) mass is 320 g/mol. The van der Waals surface area contributed by atoms with E-state index in [9.17, 15) is 8.42 Å². The van der Waals surface area contributed by atoms with Crippen molar-refractivity contribution in [1.29, 1.82) is 0 Å². The first kappa shape index (κ1) is 16.6. The van der Waals surface area contributed by atoms with Gasteiger partial charge in [-0.25, -0.2) is 8.42 Å². The van der Waals surface area contributed by atoms with Gasteiger partial charge in [0.05, 0.1) is 0 Å². The number of rotatable bonds is 7. The first-order chi connectivity index (χ1) is 9.63. The highest BCUT2D eigenvalue weighted by atomic mass is 32.2. The second kappa shape index (κ2) is 8.01.